The number of benzene rings is 1. The van der Waals surface area contributed by atoms with Crippen molar-refractivity contribution in [3.8, 4) is 0 Å². The summed E-state index contributed by atoms with van der Waals surface area (Å²) in [5.74, 6) is 0.696. The summed E-state index contributed by atoms with van der Waals surface area (Å²) >= 11 is 0. The summed E-state index contributed by atoms with van der Waals surface area (Å²) < 4.78 is 5.96. The molecule has 2 amide bonds. The zero-order chi connectivity index (χ0) is 24.3. The molecule has 0 N–H and O–H groups in total. The molecule has 4 fully saturated rings. The van der Waals surface area contributed by atoms with Gasteiger partial charge in [-0.1, -0.05) is 29.8 Å². The maximum Gasteiger partial charge on any atom is 0.322 e. The highest BCUT2D eigenvalue weighted by atomic mass is 16.5. The van der Waals surface area contributed by atoms with Crippen LogP contribution in [0.5, 0.6) is 0 Å². The van der Waals surface area contributed by atoms with Gasteiger partial charge in [0.2, 0.25) is 0 Å². The number of hydrogen-bond donors (Lipinski definition) is 0. The van der Waals surface area contributed by atoms with Crippen LogP contribution < -0.4 is 4.90 Å². The molecular weight excluding hydrogens is 428 g/mol. The fourth-order valence-electron chi connectivity index (χ4n) is 6.57. The number of piperidine rings is 1. The standard InChI is InChI=1S/C27H38N4O3/c1-26(2,3)34-13-10-19-16-30-12-11-27(23(30)14-20(19)15-24(27)32)21-8-6-7-9-22(21)31-17-28(4)25(33)29(5)18-31/h6-10,20,23H,11-18H2,1-5H3/b19-10+/t20-,23+,27-/m1/s1. The molecule has 3 atom stereocenters. The summed E-state index contributed by atoms with van der Waals surface area (Å²) in [5, 5.41) is 0. The molecule has 4 aliphatic rings. The lowest BCUT2D eigenvalue weighted by Gasteiger charge is -2.50. The molecular formula is C27H38N4O3. The number of amides is 2. The summed E-state index contributed by atoms with van der Waals surface area (Å²) in [6.07, 6.45) is 4.73. The van der Waals surface area contributed by atoms with Gasteiger partial charge < -0.3 is 19.4 Å². The van der Waals surface area contributed by atoms with Crippen LogP contribution >= 0.6 is 0 Å². The Morgan fingerprint density at radius 2 is 1.82 bits per heavy atom. The van der Waals surface area contributed by atoms with Crippen molar-refractivity contribution in [1.82, 2.24) is 14.7 Å². The van der Waals surface area contributed by atoms with E-state index < -0.39 is 5.41 Å². The highest BCUT2D eigenvalue weighted by molar-refractivity contribution is 5.95. The second kappa shape index (κ2) is 8.38. The van der Waals surface area contributed by atoms with Gasteiger partial charge in [0, 0.05) is 45.3 Å². The molecule has 1 aliphatic carbocycles. The van der Waals surface area contributed by atoms with E-state index in [1.54, 1.807) is 9.80 Å². The van der Waals surface area contributed by atoms with Gasteiger partial charge in [0.15, 0.2) is 0 Å². The second-order valence-corrected chi connectivity index (χ2v) is 11.5. The summed E-state index contributed by atoms with van der Waals surface area (Å²) in [4.78, 5) is 34.5. The lowest BCUT2D eigenvalue weighted by molar-refractivity contribution is -0.129. The fraction of sp³-hybridized carbons (Fsp3) is 0.630. The van der Waals surface area contributed by atoms with Crippen molar-refractivity contribution in [2.24, 2.45) is 5.92 Å². The third kappa shape index (κ3) is 3.83. The molecule has 0 spiro atoms. The zero-order valence-electron chi connectivity index (χ0n) is 21.2. The fourth-order valence-corrected chi connectivity index (χ4v) is 6.57. The van der Waals surface area contributed by atoms with E-state index in [0.717, 1.165) is 37.2 Å². The Hall–Kier alpha value is -2.38. The van der Waals surface area contributed by atoms with Crippen molar-refractivity contribution in [3.05, 3.63) is 41.5 Å². The first-order valence-electron chi connectivity index (χ1n) is 12.5. The monoisotopic (exact) mass is 466 g/mol. The van der Waals surface area contributed by atoms with E-state index in [1.165, 1.54) is 5.57 Å². The van der Waals surface area contributed by atoms with Gasteiger partial charge in [-0.3, -0.25) is 9.69 Å². The van der Waals surface area contributed by atoms with E-state index in [9.17, 15) is 9.59 Å². The molecule has 1 aromatic carbocycles. The molecule has 3 heterocycles. The Labute approximate surface area is 203 Å². The maximum absolute atomic E-state index is 14.0. The van der Waals surface area contributed by atoms with Gasteiger partial charge in [-0.25, -0.2) is 4.79 Å². The van der Waals surface area contributed by atoms with Crippen LogP contribution in [0.3, 0.4) is 0 Å². The van der Waals surface area contributed by atoms with Gasteiger partial charge in [0.05, 0.1) is 31.0 Å². The van der Waals surface area contributed by atoms with Crippen LogP contribution in [0.1, 0.15) is 45.6 Å². The third-order valence-corrected chi connectivity index (χ3v) is 8.16. The molecule has 2 bridgehead atoms. The predicted molar refractivity (Wildman–Crippen MR) is 133 cm³/mol. The van der Waals surface area contributed by atoms with Gasteiger partial charge in [0.1, 0.15) is 5.78 Å². The number of carbonyl (C=O) groups excluding carboxylic acids is 2. The molecule has 0 radical (unpaired) electrons. The molecule has 7 nitrogen and oxygen atoms in total. The minimum absolute atomic E-state index is 0.0255. The van der Waals surface area contributed by atoms with Crippen LogP contribution in [-0.2, 0) is 14.9 Å². The molecule has 184 valence electrons. The van der Waals surface area contributed by atoms with Crippen molar-refractivity contribution in [2.45, 2.75) is 57.1 Å². The molecule has 0 unspecified atom stereocenters. The number of urea groups is 1. The summed E-state index contributed by atoms with van der Waals surface area (Å²) in [6.45, 7) is 9.76. The Bertz CT molecular complexity index is 1000. The normalized spacial score (nSPS) is 31.1. The first-order chi connectivity index (χ1) is 16.1. The summed E-state index contributed by atoms with van der Waals surface area (Å²) in [7, 11) is 3.66. The topological polar surface area (TPSA) is 56.3 Å². The molecule has 0 aromatic heterocycles. The third-order valence-electron chi connectivity index (χ3n) is 8.16. The number of Topliss-reactive ketones (excluding diaryl/α,β-unsaturated/α-hetero) is 1. The Balaban J connectivity index is 1.45. The van der Waals surface area contributed by atoms with Gasteiger partial charge in [-0.05, 0) is 51.2 Å². The van der Waals surface area contributed by atoms with Gasteiger partial charge >= 0.3 is 6.03 Å². The summed E-state index contributed by atoms with van der Waals surface area (Å²) in [6, 6.07) is 8.67. The van der Waals surface area contributed by atoms with Gasteiger partial charge in [-0.15, -0.1) is 0 Å². The van der Waals surface area contributed by atoms with Crippen LogP contribution in [0, 0.1) is 5.92 Å². The van der Waals surface area contributed by atoms with Crippen LogP contribution in [-0.4, -0.2) is 85.3 Å². The Kier molecular flexibility index (Phi) is 5.76. The highest BCUT2D eigenvalue weighted by Crippen LogP contribution is 2.54. The summed E-state index contributed by atoms with van der Waals surface area (Å²) in [5.41, 5.74) is 2.98. The van der Waals surface area contributed by atoms with Gasteiger partial charge in [-0.2, -0.15) is 0 Å². The number of rotatable bonds is 4. The number of ether oxygens (including phenoxy) is 1. The number of ketones is 1. The number of nitrogens with zero attached hydrogens (tertiary/aromatic N) is 4. The molecule has 3 aliphatic heterocycles. The molecule has 1 saturated carbocycles. The quantitative estimate of drug-likeness (QED) is 0.637. The molecule has 34 heavy (non-hydrogen) atoms. The van der Waals surface area contributed by atoms with Crippen LogP contribution in [0.25, 0.3) is 0 Å². The average molecular weight is 467 g/mol. The van der Waals surface area contributed by atoms with E-state index in [1.807, 2.05) is 20.2 Å². The lowest BCUT2D eigenvalue weighted by atomic mass is 9.60. The smallest absolute Gasteiger partial charge is 0.322 e. The average Bonchev–Trinajstić information content (AvgIpc) is 3.18. The number of anilines is 1. The van der Waals surface area contributed by atoms with Crippen LogP contribution in [0.4, 0.5) is 10.5 Å². The molecule has 1 aromatic rings. The van der Waals surface area contributed by atoms with Crippen molar-refractivity contribution < 1.29 is 14.3 Å². The molecule has 3 saturated heterocycles. The van der Waals surface area contributed by atoms with Crippen molar-refractivity contribution >= 4 is 17.5 Å². The second-order valence-electron chi connectivity index (χ2n) is 11.5. The first-order valence-corrected chi connectivity index (χ1v) is 12.5. The molecule has 7 heteroatoms. The Morgan fingerprint density at radius 3 is 2.53 bits per heavy atom. The molecule has 5 rings (SSSR count). The van der Waals surface area contributed by atoms with Crippen molar-refractivity contribution in [2.75, 3.05) is 52.0 Å². The Morgan fingerprint density at radius 1 is 1.12 bits per heavy atom. The van der Waals surface area contributed by atoms with E-state index >= 15 is 0 Å². The maximum atomic E-state index is 14.0. The van der Waals surface area contributed by atoms with E-state index in [0.29, 0.717) is 38.1 Å². The number of hydrogen-bond acceptors (Lipinski definition) is 5. The minimum Gasteiger partial charge on any atom is -0.372 e. The zero-order valence-corrected chi connectivity index (χ0v) is 21.2. The highest BCUT2D eigenvalue weighted by Gasteiger charge is 2.59. The predicted octanol–water partition coefficient (Wildman–Crippen LogP) is 3.45. The van der Waals surface area contributed by atoms with Crippen LogP contribution in [0.15, 0.2) is 35.9 Å². The lowest BCUT2D eigenvalue weighted by Crippen LogP contribution is -2.58. The van der Waals surface area contributed by atoms with Crippen LogP contribution in [0.2, 0.25) is 0 Å². The van der Waals surface area contributed by atoms with E-state index in [2.05, 4.69) is 54.8 Å². The minimum atomic E-state index is -0.459. The first kappa shape index (κ1) is 23.4. The van der Waals surface area contributed by atoms with Crippen molar-refractivity contribution in [1.29, 1.82) is 0 Å². The van der Waals surface area contributed by atoms with E-state index in [4.69, 9.17) is 4.74 Å². The number of carbonyl (C=O) groups is 2. The number of para-hydroxylation sites is 1. The SMILES string of the molecule is CN1CN(c2ccccc2[C@@]23CCN4C/C(=C\COC(C)(C)C)[C@@H](CC2=O)C[C@H]43)CN(C)C1=O. The van der Waals surface area contributed by atoms with Gasteiger partial charge in [0.25, 0.3) is 0 Å². The largest absolute Gasteiger partial charge is 0.372 e. The number of fused-ring (bicyclic) bond motifs is 1. The van der Waals surface area contributed by atoms with Crippen molar-refractivity contribution in [3.63, 3.8) is 0 Å². The van der Waals surface area contributed by atoms with E-state index in [-0.39, 0.29) is 17.7 Å².